The fraction of sp³-hybridized carbons (Fsp3) is 0.471. The molecule has 20 heavy (non-hydrogen) atoms. The molecule has 0 amide bonds. The SMILES string of the molecule is CCc1nc(CN(Cc2cccc(C)c2)C2CC2)cs1. The summed E-state index contributed by atoms with van der Waals surface area (Å²) in [6.07, 6.45) is 3.74. The Balaban J connectivity index is 1.69. The summed E-state index contributed by atoms with van der Waals surface area (Å²) in [7, 11) is 0. The fourth-order valence-corrected chi connectivity index (χ4v) is 3.33. The molecule has 0 saturated heterocycles. The van der Waals surface area contributed by atoms with E-state index >= 15 is 0 Å². The van der Waals surface area contributed by atoms with Crippen molar-refractivity contribution in [3.63, 3.8) is 0 Å². The molecule has 3 heteroatoms. The van der Waals surface area contributed by atoms with Crippen molar-refractivity contribution in [3.8, 4) is 0 Å². The first-order valence-electron chi connectivity index (χ1n) is 7.47. The van der Waals surface area contributed by atoms with E-state index in [2.05, 4.69) is 48.4 Å². The van der Waals surface area contributed by atoms with Crippen LogP contribution in [0.1, 0.15) is 41.6 Å². The number of hydrogen-bond donors (Lipinski definition) is 0. The predicted octanol–water partition coefficient (Wildman–Crippen LogP) is 4.18. The van der Waals surface area contributed by atoms with Crippen LogP contribution in [-0.4, -0.2) is 15.9 Å². The molecule has 0 bridgehead atoms. The van der Waals surface area contributed by atoms with E-state index in [1.807, 2.05) is 0 Å². The van der Waals surface area contributed by atoms with Gasteiger partial charge in [-0.25, -0.2) is 4.98 Å². The van der Waals surface area contributed by atoms with Crippen molar-refractivity contribution in [2.45, 2.75) is 52.2 Å². The van der Waals surface area contributed by atoms with Gasteiger partial charge < -0.3 is 0 Å². The lowest BCUT2D eigenvalue weighted by Crippen LogP contribution is -2.25. The van der Waals surface area contributed by atoms with Gasteiger partial charge in [-0.05, 0) is 31.7 Å². The highest BCUT2D eigenvalue weighted by Gasteiger charge is 2.29. The molecule has 1 heterocycles. The van der Waals surface area contributed by atoms with E-state index in [0.717, 1.165) is 25.6 Å². The molecule has 106 valence electrons. The van der Waals surface area contributed by atoms with E-state index in [-0.39, 0.29) is 0 Å². The number of rotatable bonds is 6. The topological polar surface area (TPSA) is 16.1 Å². The monoisotopic (exact) mass is 286 g/mol. The summed E-state index contributed by atoms with van der Waals surface area (Å²) in [6.45, 7) is 6.38. The first-order chi connectivity index (χ1) is 9.74. The maximum Gasteiger partial charge on any atom is 0.0926 e. The van der Waals surface area contributed by atoms with Crippen LogP contribution in [0, 0.1) is 6.92 Å². The van der Waals surface area contributed by atoms with E-state index in [9.17, 15) is 0 Å². The molecule has 0 N–H and O–H groups in total. The van der Waals surface area contributed by atoms with Crippen molar-refractivity contribution < 1.29 is 0 Å². The Hall–Kier alpha value is -1.19. The molecule has 0 spiro atoms. The summed E-state index contributed by atoms with van der Waals surface area (Å²) in [6, 6.07) is 9.63. The average molecular weight is 286 g/mol. The summed E-state index contributed by atoms with van der Waals surface area (Å²) in [5.41, 5.74) is 4.01. The zero-order valence-corrected chi connectivity index (χ0v) is 13.1. The highest BCUT2D eigenvalue weighted by atomic mass is 32.1. The molecule has 2 aromatic rings. The summed E-state index contributed by atoms with van der Waals surface area (Å²) in [5.74, 6) is 0. The quantitative estimate of drug-likeness (QED) is 0.792. The third kappa shape index (κ3) is 3.47. The van der Waals surface area contributed by atoms with Gasteiger partial charge in [0.25, 0.3) is 0 Å². The summed E-state index contributed by atoms with van der Waals surface area (Å²) in [5, 5.41) is 3.48. The average Bonchev–Trinajstić information content (AvgIpc) is 3.19. The molecule has 0 aliphatic heterocycles. The van der Waals surface area contributed by atoms with Crippen LogP contribution in [-0.2, 0) is 19.5 Å². The van der Waals surface area contributed by atoms with Gasteiger partial charge >= 0.3 is 0 Å². The molecule has 1 aliphatic rings. The van der Waals surface area contributed by atoms with Crippen molar-refractivity contribution in [2.75, 3.05) is 0 Å². The lowest BCUT2D eigenvalue weighted by Gasteiger charge is -2.21. The van der Waals surface area contributed by atoms with Crippen LogP contribution in [0.15, 0.2) is 29.6 Å². The summed E-state index contributed by atoms with van der Waals surface area (Å²) < 4.78 is 0. The second kappa shape index (κ2) is 6.06. The van der Waals surface area contributed by atoms with E-state index in [0.29, 0.717) is 0 Å². The molecule has 2 nitrogen and oxygen atoms in total. The van der Waals surface area contributed by atoms with Crippen LogP contribution in [0.5, 0.6) is 0 Å². The Morgan fingerprint density at radius 2 is 2.15 bits per heavy atom. The van der Waals surface area contributed by atoms with Gasteiger partial charge in [0.05, 0.1) is 10.7 Å². The molecule has 1 aliphatic carbocycles. The van der Waals surface area contributed by atoms with Gasteiger partial charge in [-0.3, -0.25) is 4.90 Å². The van der Waals surface area contributed by atoms with Crippen LogP contribution in [0.3, 0.4) is 0 Å². The van der Waals surface area contributed by atoms with Crippen LogP contribution < -0.4 is 0 Å². The zero-order chi connectivity index (χ0) is 13.9. The smallest absolute Gasteiger partial charge is 0.0926 e. The molecule has 1 fully saturated rings. The van der Waals surface area contributed by atoms with Crippen molar-refractivity contribution in [1.29, 1.82) is 0 Å². The molecular formula is C17H22N2S. The van der Waals surface area contributed by atoms with Gasteiger partial charge in [0.2, 0.25) is 0 Å². The second-order valence-corrected chi connectivity index (χ2v) is 6.65. The number of hydrogen-bond acceptors (Lipinski definition) is 3. The molecule has 0 radical (unpaired) electrons. The Morgan fingerprint density at radius 3 is 2.80 bits per heavy atom. The van der Waals surface area contributed by atoms with Crippen LogP contribution in [0.2, 0.25) is 0 Å². The number of nitrogens with zero attached hydrogens (tertiary/aromatic N) is 2. The molecular weight excluding hydrogens is 264 g/mol. The number of aromatic nitrogens is 1. The van der Waals surface area contributed by atoms with E-state index in [1.54, 1.807) is 11.3 Å². The normalized spacial score (nSPS) is 14.9. The predicted molar refractivity (Wildman–Crippen MR) is 84.9 cm³/mol. The number of benzene rings is 1. The minimum Gasteiger partial charge on any atom is -0.290 e. The van der Waals surface area contributed by atoms with E-state index < -0.39 is 0 Å². The van der Waals surface area contributed by atoms with Gasteiger partial charge in [-0.15, -0.1) is 11.3 Å². The Labute approximate surface area is 125 Å². The lowest BCUT2D eigenvalue weighted by atomic mass is 10.1. The number of thiazole rings is 1. The Morgan fingerprint density at radius 1 is 1.30 bits per heavy atom. The van der Waals surface area contributed by atoms with Gasteiger partial charge in [0, 0.05) is 24.5 Å². The third-order valence-electron chi connectivity index (χ3n) is 3.80. The summed E-state index contributed by atoms with van der Waals surface area (Å²) >= 11 is 1.79. The molecule has 0 unspecified atom stereocenters. The second-order valence-electron chi connectivity index (χ2n) is 5.71. The molecule has 1 aromatic heterocycles. The number of aryl methyl sites for hydroxylation is 2. The van der Waals surface area contributed by atoms with Gasteiger partial charge in [0.15, 0.2) is 0 Å². The third-order valence-corrected chi connectivity index (χ3v) is 4.84. The van der Waals surface area contributed by atoms with Gasteiger partial charge in [-0.1, -0.05) is 36.8 Å². The van der Waals surface area contributed by atoms with Crippen LogP contribution in [0.4, 0.5) is 0 Å². The summed E-state index contributed by atoms with van der Waals surface area (Å²) in [4.78, 5) is 7.30. The van der Waals surface area contributed by atoms with Crippen molar-refractivity contribution >= 4 is 11.3 Å². The first kappa shape index (κ1) is 13.8. The zero-order valence-electron chi connectivity index (χ0n) is 12.3. The van der Waals surface area contributed by atoms with Crippen molar-refractivity contribution in [1.82, 2.24) is 9.88 Å². The van der Waals surface area contributed by atoms with Crippen molar-refractivity contribution in [2.24, 2.45) is 0 Å². The minimum absolute atomic E-state index is 0.766. The largest absolute Gasteiger partial charge is 0.290 e. The van der Waals surface area contributed by atoms with E-state index in [4.69, 9.17) is 4.98 Å². The minimum atomic E-state index is 0.766. The standard InChI is InChI=1S/C17H22N2S/c1-3-17-18-15(12-20-17)11-19(16-7-8-16)10-14-6-4-5-13(2)9-14/h4-6,9,12,16H,3,7-8,10-11H2,1-2H3. The van der Waals surface area contributed by atoms with Crippen LogP contribution >= 0.6 is 11.3 Å². The van der Waals surface area contributed by atoms with E-state index in [1.165, 1.54) is 34.7 Å². The highest BCUT2D eigenvalue weighted by molar-refractivity contribution is 7.09. The maximum absolute atomic E-state index is 4.71. The highest BCUT2D eigenvalue weighted by Crippen LogP contribution is 2.30. The Kier molecular flexibility index (Phi) is 4.18. The van der Waals surface area contributed by atoms with Gasteiger partial charge in [0.1, 0.15) is 0 Å². The Bertz CT molecular complexity index is 572. The molecule has 3 rings (SSSR count). The van der Waals surface area contributed by atoms with Crippen molar-refractivity contribution in [3.05, 3.63) is 51.5 Å². The lowest BCUT2D eigenvalue weighted by molar-refractivity contribution is 0.243. The maximum atomic E-state index is 4.71. The first-order valence-corrected chi connectivity index (χ1v) is 8.35. The van der Waals surface area contributed by atoms with Crippen LogP contribution in [0.25, 0.3) is 0 Å². The molecule has 1 aromatic carbocycles. The fourth-order valence-electron chi connectivity index (χ4n) is 2.59. The molecule has 1 saturated carbocycles. The van der Waals surface area contributed by atoms with Gasteiger partial charge in [-0.2, -0.15) is 0 Å². The molecule has 0 atom stereocenters.